The van der Waals surface area contributed by atoms with Gasteiger partial charge in [0.2, 0.25) is 0 Å². The van der Waals surface area contributed by atoms with Crippen LogP contribution in [0.25, 0.3) is 11.3 Å². The Morgan fingerprint density at radius 2 is 1.85 bits per heavy atom. The number of rotatable bonds is 8. The second-order valence-corrected chi connectivity index (χ2v) is 11.6. The highest BCUT2D eigenvalue weighted by atomic mass is 35.5. The zero-order valence-electron chi connectivity index (χ0n) is 21.9. The van der Waals surface area contributed by atoms with Crippen LogP contribution in [0.1, 0.15) is 51.6 Å². The Bertz CT molecular complexity index is 1650. The summed E-state index contributed by atoms with van der Waals surface area (Å²) in [6.07, 6.45) is 3.53. The molecule has 0 saturated heterocycles. The maximum absolute atomic E-state index is 12.1. The van der Waals surface area contributed by atoms with Crippen LogP contribution in [0.15, 0.2) is 59.1 Å². The molecule has 0 bridgehead atoms. The molecule has 0 amide bonds. The van der Waals surface area contributed by atoms with Gasteiger partial charge in [0, 0.05) is 28.7 Å². The molecule has 1 heterocycles. The summed E-state index contributed by atoms with van der Waals surface area (Å²) in [7, 11) is 1.29. The third-order valence-electron chi connectivity index (χ3n) is 6.25. The third kappa shape index (κ3) is 6.95. The van der Waals surface area contributed by atoms with E-state index in [4.69, 9.17) is 48.8 Å². The molecular formula is C30H23Cl3N2O5S. The molecule has 1 aliphatic rings. The lowest BCUT2D eigenvalue weighted by atomic mass is 10.0. The molecule has 1 N–H and O–H groups in total. The first kappa shape index (κ1) is 29.2. The number of benzene rings is 3. The number of ether oxygens (including phenoxy) is 2. The maximum Gasteiger partial charge on any atom is 0.337 e. The molecule has 0 spiro atoms. The first-order valence-electron chi connectivity index (χ1n) is 12.4. The van der Waals surface area contributed by atoms with Crippen molar-refractivity contribution in [2.45, 2.75) is 25.4 Å². The van der Waals surface area contributed by atoms with Crippen molar-refractivity contribution in [2.24, 2.45) is 0 Å². The fraction of sp³-hybridized carbons (Fsp3) is 0.200. The molecule has 7 nitrogen and oxygen atoms in total. The first-order valence-corrected chi connectivity index (χ1v) is 15.1. The van der Waals surface area contributed by atoms with E-state index in [1.54, 1.807) is 54.6 Å². The van der Waals surface area contributed by atoms with Crippen LogP contribution in [0.2, 0.25) is 15.1 Å². The van der Waals surface area contributed by atoms with E-state index in [2.05, 4.69) is 21.7 Å². The fourth-order valence-corrected chi connectivity index (χ4v) is 5.43. The summed E-state index contributed by atoms with van der Waals surface area (Å²) < 4.78 is 31.0. The Kier molecular flexibility index (Phi) is 9.03. The summed E-state index contributed by atoms with van der Waals surface area (Å²) in [4.78, 5) is 12.1. The van der Waals surface area contributed by atoms with Gasteiger partial charge in [-0.05, 0) is 55.3 Å². The Balaban J connectivity index is 1.37. The minimum Gasteiger partial charge on any atom is -0.593 e. The van der Waals surface area contributed by atoms with Crippen molar-refractivity contribution in [1.82, 2.24) is 5.16 Å². The molecule has 4 aromatic rings. The topological polar surface area (TPSA) is 96.7 Å². The Labute approximate surface area is 255 Å². The molecule has 3 aromatic carbocycles. The van der Waals surface area contributed by atoms with Crippen LogP contribution in [0.3, 0.4) is 0 Å². The van der Waals surface area contributed by atoms with E-state index in [1.165, 1.54) is 13.4 Å². The second-order valence-electron chi connectivity index (χ2n) is 9.27. The van der Waals surface area contributed by atoms with Gasteiger partial charge in [-0.1, -0.05) is 57.9 Å². The van der Waals surface area contributed by atoms with Gasteiger partial charge in [-0.2, -0.15) is 0 Å². The molecule has 0 radical (unpaired) electrons. The average Bonchev–Trinajstić information content (AvgIpc) is 3.70. The van der Waals surface area contributed by atoms with Crippen molar-refractivity contribution in [1.29, 1.82) is 0 Å². The highest BCUT2D eigenvalue weighted by Gasteiger charge is 2.33. The van der Waals surface area contributed by atoms with E-state index in [0.717, 1.165) is 24.2 Å². The number of carbonyl (C=O) groups excluding carboxylic acids is 1. The highest BCUT2D eigenvalue weighted by molar-refractivity contribution is 7.92. The van der Waals surface area contributed by atoms with Gasteiger partial charge in [0.25, 0.3) is 0 Å². The monoisotopic (exact) mass is 628 g/mol. The van der Waals surface area contributed by atoms with Crippen LogP contribution in [0.4, 0.5) is 5.69 Å². The summed E-state index contributed by atoms with van der Waals surface area (Å²) in [5.74, 6) is 7.09. The summed E-state index contributed by atoms with van der Waals surface area (Å²) >= 11 is 18.1. The standard InChI is InChI=1S/C30H23Cl3N2O5S/c1-38-30(36)20-12-17(13-21(14-20)35-41(2)37)6-7-18-10-11-22(15-26(18)33)39-16-23-28(34-40-29(23)19-8-9-19)27-24(31)4-3-5-25(27)32/h3-5,10-15,19,35H,8-9,16H2,1-2H3. The molecule has 5 rings (SSSR count). The molecule has 1 saturated carbocycles. The van der Waals surface area contributed by atoms with Crippen LogP contribution < -0.4 is 9.46 Å². The van der Waals surface area contributed by atoms with Gasteiger partial charge in [0.15, 0.2) is 0 Å². The number of nitrogens with zero attached hydrogens (tertiary/aromatic N) is 1. The fourth-order valence-electron chi connectivity index (χ4n) is 4.19. The van der Waals surface area contributed by atoms with E-state index >= 15 is 0 Å². The van der Waals surface area contributed by atoms with E-state index in [1.807, 2.05) is 0 Å². The van der Waals surface area contributed by atoms with Gasteiger partial charge in [0.05, 0.1) is 50.4 Å². The predicted molar refractivity (Wildman–Crippen MR) is 161 cm³/mol. The van der Waals surface area contributed by atoms with Crippen molar-refractivity contribution >= 4 is 57.8 Å². The predicted octanol–water partition coefficient (Wildman–Crippen LogP) is 7.65. The summed E-state index contributed by atoms with van der Waals surface area (Å²) in [6, 6.07) is 15.3. The van der Waals surface area contributed by atoms with Crippen LogP contribution in [-0.2, 0) is 22.7 Å². The Morgan fingerprint density at radius 1 is 1.10 bits per heavy atom. The van der Waals surface area contributed by atoms with Gasteiger partial charge in [-0.3, -0.25) is 0 Å². The van der Waals surface area contributed by atoms with Crippen LogP contribution in [0.5, 0.6) is 5.75 Å². The number of methoxy groups -OCH3 is 1. The zero-order valence-corrected chi connectivity index (χ0v) is 25.0. The van der Waals surface area contributed by atoms with Gasteiger partial charge in [-0.15, -0.1) is 0 Å². The number of esters is 1. The van der Waals surface area contributed by atoms with E-state index < -0.39 is 17.3 Å². The Hall–Kier alpha value is -3.32. The molecule has 1 aliphatic carbocycles. The van der Waals surface area contributed by atoms with E-state index in [0.29, 0.717) is 54.8 Å². The molecule has 0 aliphatic heterocycles. The summed E-state index contributed by atoms with van der Waals surface area (Å²) in [6.45, 7) is 0.183. The lowest BCUT2D eigenvalue weighted by Gasteiger charge is -2.10. The summed E-state index contributed by atoms with van der Waals surface area (Å²) in [5, 5.41) is 5.63. The lowest BCUT2D eigenvalue weighted by Crippen LogP contribution is -2.11. The van der Waals surface area contributed by atoms with Gasteiger partial charge in [0.1, 0.15) is 30.1 Å². The van der Waals surface area contributed by atoms with Crippen molar-refractivity contribution < 1.29 is 23.3 Å². The zero-order chi connectivity index (χ0) is 29.1. The van der Waals surface area contributed by atoms with Crippen molar-refractivity contribution in [2.75, 3.05) is 18.1 Å². The second kappa shape index (κ2) is 12.7. The van der Waals surface area contributed by atoms with E-state index in [-0.39, 0.29) is 12.2 Å². The number of aromatic nitrogens is 1. The minimum absolute atomic E-state index is 0.183. The quantitative estimate of drug-likeness (QED) is 0.121. The number of hydrogen-bond donors (Lipinski definition) is 1. The van der Waals surface area contributed by atoms with Crippen molar-refractivity contribution in [3.05, 3.63) is 97.7 Å². The number of nitrogens with one attached hydrogen (secondary N) is 1. The molecule has 1 unspecified atom stereocenters. The molecule has 11 heteroatoms. The van der Waals surface area contributed by atoms with Gasteiger partial charge < -0.3 is 18.5 Å². The van der Waals surface area contributed by atoms with Crippen molar-refractivity contribution in [3.8, 4) is 28.8 Å². The SMILES string of the molecule is COC(=O)c1cc(C#Cc2ccc(OCc3c(-c4c(Cl)cccc4Cl)noc3C3CC3)cc2Cl)cc(N[S+](C)[O-])c1. The first-order chi connectivity index (χ1) is 19.7. The van der Waals surface area contributed by atoms with E-state index in [9.17, 15) is 9.35 Å². The van der Waals surface area contributed by atoms with Gasteiger partial charge >= 0.3 is 5.97 Å². The third-order valence-corrected chi connectivity index (χ3v) is 7.71. The average molecular weight is 630 g/mol. The molecule has 41 heavy (non-hydrogen) atoms. The largest absolute Gasteiger partial charge is 0.593 e. The molecule has 210 valence electrons. The summed E-state index contributed by atoms with van der Waals surface area (Å²) in [5.41, 5.74) is 3.79. The van der Waals surface area contributed by atoms with Crippen molar-refractivity contribution in [3.63, 3.8) is 0 Å². The number of carbonyl (C=O) groups is 1. The molecular weight excluding hydrogens is 607 g/mol. The molecule has 1 fully saturated rings. The molecule has 1 aromatic heterocycles. The number of halogens is 3. The van der Waals surface area contributed by atoms with Gasteiger partial charge in [-0.25, -0.2) is 9.52 Å². The Morgan fingerprint density at radius 3 is 2.51 bits per heavy atom. The van der Waals surface area contributed by atoms with Crippen LogP contribution in [-0.4, -0.2) is 29.0 Å². The van der Waals surface area contributed by atoms with Crippen LogP contribution in [0, 0.1) is 11.8 Å². The highest BCUT2D eigenvalue weighted by Crippen LogP contribution is 2.46. The normalized spacial score (nSPS) is 13.2. The maximum atomic E-state index is 12.1. The minimum atomic E-state index is -1.33. The lowest BCUT2D eigenvalue weighted by molar-refractivity contribution is 0.0600. The number of hydrogen-bond acceptors (Lipinski definition) is 7. The number of anilines is 1. The molecule has 1 atom stereocenters. The van der Waals surface area contributed by atoms with Crippen LogP contribution >= 0.6 is 34.8 Å². The smallest absolute Gasteiger partial charge is 0.337 e.